The zero-order valence-corrected chi connectivity index (χ0v) is 14.5. The molecule has 6 heteroatoms. The number of nitrogens with zero attached hydrogens (tertiary/aromatic N) is 4. The standard InChI is InChI=1S/C20H21N5O/c1-2-17(12-21-7-1)19-13-23-10-11-25(19)15-16-3-5-18(6-4-16)26-20-14-22-8-9-24-20/h1-9,12,14,19,23H,10-11,13,15H2. The zero-order valence-electron chi connectivity index (χ0n) is 14.5. The number of hydrogen-bond donors (Lipinski definition) is 1. The van der Waals surface area contributed by atoms with Gasteiger partial charge in [-0.2, -0.15) is 0 Å². The quantitative estimate of drug-likeness (QED) is 0.766. The summed E-state index contributed by atoms with van der Waals surface area (Å²) in [7, 11) is 0. The number of piperazine rings is 1. The fourth-order valence-electron chi connectivity index (χ4n) is 3.19. The molecule has 1 saturated heterocycles. The van der Waals surface area contributed by atoms with Gasteiger partial charge in [0.2, 0.25) is 5.88 Å². The van der Waals surface area contributed by atoms with Crippen molar-refractivity contribution in [3.63, 3.8) is 0 Å². The van der Waals surface area contributed by atoms with E-state index in [1.807, 2.05) is 30.6 Å². The Bertz CT molecular complexity index is 811. The van der Waals surface area contributed by atoms with Crippen molar-refractivity contribution in [2.75, 3.05) is 19.6 Å². The Morgan fingerprint density at radius 1 is 1.04 bits per heavy atom. The highest BCUT2D eigenvalue weighted by molar-refractivity contribution is 5.30. The van der Waals surface area contributed by atoms with Crippen LogP contribution in [-0.2, 0) is 6.54 Å². The van der Waals surface area contributed by atoms with Gasteiger partial charge in [0.25, 0.3) is 0 Å². The van der Waals surface area contributed by atoms with Gasteiger partial charge in [-0.1, -0.05) is 18.2 Å². The van der Waals surface area contributed by atoms with Gasteiger partial charge in [0.1, 0.15) is 5.75 Å². The topological polar surface area (TPSA) is 63.2 Å². The molecule has 132 valence electrons. The third kappa shape index (κ3) is 4.04. The normalized spacial score (nSPS) is 17.8. The molecule has 1 atom stereocenters. The van der Waals surface area contributed by atoms with Crippen molar-refractivity contribution in [3.8, 4) is 11.6 Å². The Labute approximate surface area is 152 Å². The van der Waals surface area contributed by atoms with Crippen LogP contribution >= 0.6 is 0 Å². The van der Waals surface area contributed by atoms with E-state index in [9.17, 15) is 0 Å². The molecule has 0 amide bonds. The Kier molecular flexibility index (Phi) is 5.14. The van der Waals surface area contributed by atoms with Crippen LogP contribution in [0.25, 0.3) is 0 Å². The van der Waals surface area contributed by atoms with Crippen LogP contribution in [0.15, 0.2) is 67.4 Å². The van der Waals surface area contributed by atoms with Crippen molar-refractivity contribution < 1.29 is 4.74 Å². The highest BCUT2D eigenvalue weighted by Gasteiger charge is 2.23. The lowest BCUT2D eigenvalue weighted by atomic mass is 10.0. The number of hydrogen-bond acceptors (Lipinski definition) is 6. The number of rotatable bonds is 5. The minimum Gasteiger partial charge on any atom is -0.438 e. The number of pyridine rings is 1. The summed E-state index contributed by atoms with van der Waals surface area (Å²) < 4.78 is 5.71. The van der Waals surface area contributed by atoms with Crippen LogP contribution < -0.4 is 10.1 Å². The molecule has 0 spiro atoms. The van der Waals surface area contributed by atoms with E-state index in [1.54, 1.807) is 18.6 Å². The fraction of sp³-hybridized carbons (Fsp3) is 0.250. The first-order valence-corrected chi connectivity index (χ1v) is 8.76. The molecule has 1 fully saturated rings. The average molecular weight is 347 g/mol. The van der Waals surface area contributed by atoms with Crippen molar-refractivity contribution in [1.29, 1.82) is 0 Å². The second-order valence-corrected chi connectivity index (χ2v) is 6.27. The third-order valence-corrected chi connectivity index (χ3v) is 4.49. The average Bonchev–Trinajstić information content (AvgIpc) is 2.71. The van der Waals surface area contributed by atoms with Crippen LogP contribution in [0.4, 0.5) is 0 Å². The summed E-state index contributed by atoms with van der Waals surface area (Å²) in [4.78, 5) is 14.9. The molecule has 26 heavy (non-hydrogen) atoms. The Morgan fingerprint density at radius 3 is 2.69 bits per heavy atom. The van der Waals surface area contributed by atoms with Crippen molar-refractivity contribution >= 4 is 0 Å². The largest absolute Gasteiger partial charge is 0.438 e. The molecule has 4 rings (SSSR count). The Hall–Kier alpha value is -2.83. The monoisotopic (exact) mass is 347 g/mol. The summed E-state index contributed by atoms with van der Waals surface area (Å²) in [6.45, 7) is 3.86. The SMILES string of the molecule is c1cncc(C2CNCCN2Cc2ccc(Oc3cnccn3)cc2)c1. The molecule has 6 nitrogen and oxygen atoms in total. The molecule has 1 N–H and O–H groups in total. The Balaban J connectivity index is 1.44. The number of ether oxygens (including phenoxy) is 1. The number of nitrogens with one attached hydrogen (secondary N) is 1. The van der Waals surface area contributed by atoms with E-state index in [4.69, 9.17) is 4.74 Å². The summed E-state index contributed by atoms with van der Waals surface area (Å²) in [6.07, 6.45) is 8.63. The molecule has 1 unspecified atom stereocenters. The van der Waals surface area contributed by atoms with Crippen molar-refractivity contribution in [2.24, 2.45) is 0 Å². The van der Waals surface area contributed by atoms with E-state index < -0.39 is 0 Å². The summed E-state index contributed by atoms with van der Waals surface area (Å²) in [5, 5.41) is 3.48. The molecule has 0 aliphatic carbocycles. The predicted molar refractivity (Wildman–Crippen MR) is 98.8 cm³/mol. The van der Waals surface area contributed by atoms with Gasteiger partial charge in [0, 0.05) is 57.0 Å². The molecule has 1 aromatic carbocycles. The van der Waals surface area contributed by atoms with Crippen LogP contribution in [0.1, 0.15) is 17.2 Å². The van der Waals surface area contributed by atoms with Crippen LogP contribution in [-0.4, -0.2) is 39.5 Å². The fourth-order valence-corrected chi connectivity index (χ4v) is 3.19. The van der Waals surface area contributed by atoms with E-state index in [1.165, 1.54) is 11.1 Å². The maximum Gasteiger partial charge on any atom is 0.237 e. The maximum atomic E-state index is 5.71. The van der Waals surface area contributed by atoms with Crippen molar-refractivity contribution in [3.05, 3.63) is 78.5 Å². The molecular formula is C20H21N5O. The number of benzene rings is 1. The van der Waals surface area contributed by atoms with Gasteiger partial charge in [-0.3, -0.25) is 14.9 Å². The molecule has 0 radical (unpaired) electrons. The summed E-state index contributed by atoms with van der Waals surface area (Å²) >= 11 is 0. The summed E-state index contributed by atoms with van der Waals surface area (Å²) in [5.41, 5.74) is 2.51. The minimum absolute atomic E-state index is 0.341. The molecule has 0 saturated carbocycles. The van der Waals surface area contributed by atoms with Gasteiger partial charge in [-0.25, -0.2) is 4.98 Å². The van der Waals surface area contributed by atoms with E-state index in [-0.39, 0.29) is 0 Å². The second-order valence-electron chi connectivity index (χ2n) is 6.27. The maximum absolute atomic E-state index is 5.71. The lowest BCUT2D eigenvalue weighted by Gasteiger charge is -2.36. The molecular weight excluding hydrogens is 326 g/mol. The van der Waals surface area contributed by atoms with Crippen molar-refractivity contribution in [2.45, 2.75) is 12.6 Å². The molecule has 2 aromatic heterocycles. The lowest BCUT2D eigenvalue weighted by Crippen LogP contribution is -2.45. The van der Waals surface area contributed by atoms with Gasteiger partial charge >= 0.3 is 0 Å². The highest BCUT2D eigenvalue weighted by atomic mass is 16.5. The molecule has 3 heterocycles. The van der Waals surface area contributed by atoms with E-state index >= 15 is 0 Å². The van der Waals surface area contributed by atoms with Gasteiger partial charge in [-0.15, -0.1) is 0 Å². The molecule has 3 aromatic rings. The first-order valence-electron chi connectivity index (χ1n) is 8.76. The lowest BCUT2D eigenvalue weighted by molar-refractivity contribution is 0.153. The smallest absolute Gasteiger partial charge is 0.237 e. The summed E-state index contributed by atoms with van der Waals surface area (Å²) in [6, 6.07) is 12.7. The van der Waals surface area contributed by atoms with Crippen LogP contribution in [0.2, 0.25) is 0 Å². The van der Waals surface area contributed by atoms with Crippen molar-refractivity contribution in [1.82, 2.24) is 25.2 Å². The van der Waals surface area contributed by atoms with Crippen LogP contribution in [0.3, 0.4) is 0 Å². The summed E-state index contributed by atoms with van der Waals surface area (Å²) in [5.74, 6) is 1.26. The van der Waals surface area contributed by atoms with Crippen LogP contribution in [0.5, 0.6) is 11.6 Å². The molecule has 1 aliphatic heterocycles. The van der Waals surface area contributed by atoms with Crippen LogP contribution in [0, 0.1) is 0 Å². The molecule has 0 bridgehead atoms. The van der Waals surface area contributed by atoms with Gasteiger partial charge in [-0.05, 0) is 29.3 Å². The first kappa shape index (κ1) is 16.6. The van der Waals surface area contributed by atoms with E-state index in [0.717, 1.165) is 31.9 Å². The second kappa shape index (κ2) is 8.03. The van der Waals surface area contributed by atoms with E-state index in [2.05, 4.69) is 43.4 Å². The highest BCUT2D eigenvalue weighted by Crippen LogP contribution is 2.25. The minimum atomic E-state index is 0.341. The zero-order chi connectivity index (χ0) is 17.6. The third-order valence-electron chi connectivity index (χ3n) is 4.49. The van der Waals surface area contributed by atoms with Gasteiger partial charge in [0.15, 0.2) is 0 Å². The predicted octanol–water partition coefficient (Wildman–Crippen LogP) is 2.81. The van der Waals surface area contributed by atoms with Gasteiger partial charge in [0.05, 0.1) is 6.20 Å². The molecule has 1 aliphatic rings. The first-order chi connectivity index (χ1) is 12.9. The number of aromatic nitrogens is 3. The van der Waals surface area contributed by atoms with E-state index in [0.29, 0.717) is 11.9 Å². The van der Waals surface area contributed by atoms with Gasteiger partial charge < -0.3 is 10.1 Å². The Morgan fingerprint density at radius 2 is 1.92 bits per heavy atom.